The van der Waals surface area contributed by atoms with Crippen molar-refractivity contribution in [3.05, 3.63) is 11.8 Å². The average molecular weight is 214 g/mol. The van der Waals surface area contributed by atoms with Crippen molar-refractivity contribution in [3.63, 3.8) is 0 Å². The first-order valence-corrected chi connectivity index (χ1v) is 4.58. The van der Waals surface area contributed by atoms with E-state index >= 15 is 0 Å². The van der Waals surface area contributed by atoms with Crippen molar-refractivity contribution in [2.24, 2.45) is 0 Å². The third-order valence-electron chi connectivity index (χ3n) is 1.64. The van der Waals surface area contributed by atoms with E-state index in [0.717, 1.165) is 0 Å². The Labute approximate surface area is 87.2 Å². The van der Waals surface area contributed by atoms with Crippen molar-refractivity contribution >= 4 is 5.91 Å². The third kappa shape index (κ3) is 3.99. The molecule has 1 rings (SSSR count). The summed E-state index contributed by atoms with van der Waals surface area (Å²) in [5.74, 6) is 0.589. The lowest BCUT2D eigenvalue weighted by Crippen LogP contribution is -2.38. The zero-order valence-corrected chi connectivity index (χ0v) is 8.69. The number of carbonyl (C=O) groups excluding carboxylic acids is 1. The topological polar surface area (TPSA) is 84.6 Å². The Bertz CT molecular complexity index is 324. The Morgan fingerprint density at radius 1 is 1.80 bits per heavy atom. The molecule has 0 aromatic carbocycles. The molecule has 0 aliphatic carbocycles. The minimum atomic E-state index is -0.308. The molecule has 1 aromatic heterocycles. The number of aliphatic hydroxyl groups is 1. The monoisotopic (exact) mass is 214 g/mol. The molecule has 1 aromatic rings. The molecule has 0 saturated carbocycles. The number of hydrogen-bond acceptors (Lipinski definition) is 5. The van der Waals surface area contributed by atoms with Crippen molar-refractivity contribution in [1.82, 2.24) is 10.5 Å². The summed E-state index contributed by atoms with van der Waals surface area (Å²) in [5, 5.41) is 14.8. The van der Waals surface area contributed by atoms with E-state index in [2.05, 4.69) is 10.5 Å². The first kappa shape index (κ1) is 11.5. The van der Waals surface area contributed by atoms with Crippen LogP contribution in [0.1, 0.15) is 12.7 Å². The molecule has 0 unspecified atom stereocenters. The van der Waals surface area contributed by atoms with Crippen LogP contribution in [-0.4, -0.2) is 35.4 Å². The highest BCUT2D eigenvalue weighted by atomic mass is 16.5. The number of amides is 1. The lowest BCUT2D eigenvalue weighted by atomic mass is 10.3. The zero-order chi connectivity index (χ0) is 11.3. The number of rotatable bonds is 5. The first-order chi connectivity index (χ1) is 7.11. The smallest absolute Gasteiger partial charge is 0.258 e. The number of carbonyl (C=O) groups is 1. The number of aliphatic hydroxyl groups excluding tert-OH is 1. The highest BCUT2D eigenvalue weighted by Gasteiger charge is 2.08. The van der Waals surface area contributed by atoms with Crippen molar-refractivity contribution in [1.29, 1.82) is 0 Å². The second-order valence-corrected chi connectivity index (χ2v) is 3.22. The summed E-state index contributed by atoms with van der Waals surface area (Å²) in [6, 6.07) is 1.31. The molecule has 15 heavy (non-hydrogen) atoms. The van der Waals surface area contributed by atoms with Gasteiger partial charge in [-0.05, 0) is 19.0 Å². The molecule has 1 atom stereocenters. The maximum Gasteiger partial charge on any atom is 0.258 e. The summed E-state index contributed by atoms with van der Waals surface area (Å²) in [4.78, 5) is 11.2. The first-order valence-electron chi connectivity index (χ1n) is 4.58. The van der Waals surface area contributed by atoms with Gasteiger partial charge in [-0.15, -0.1) is 0 Å². The second kappa shape index (κ2) is 5.35. The third-order valence-corrected chi connectivity index (χ3v) is 1.64. The van der Waals surface area contributed by atoms with Crippen LogP contribution in [0.15, 0.2) is 10.6 Å². The van der Waals surface area contributed by atoms with Crippen LogP contribution in [0.5, 0.6) is 5.88 Å². The van der Waals surface area contributed by atoms with Gasteiger partial charge in [-0.3, -0.25) is 4.79 Å². The summed E-state index contributed by atoms with van der Waals surface area (Å²) in [7, 11) is 0. The van der Waals surface area contributed by atoms with E-state index in [4.69, 9.17) is 14.4 Å². The number of ether oxygens (including phenoxy) is 1. The van der Waals surface area contributed by atoms with Gasteiger partial charge < -0.3 is 19.7 Å². The molecular formula is C9H14N2O4. The summed E-state index contributed by atoms with van der Waals surface area (Å²) in [5.41, 5.74) is 0. The fraction of sp³-hybridized carbons (Fsp3) is 0.556. The number of aryl methyl sites for hydroxylation is 1. The van der Waals surface area contributed by atoms with Gasteiger partial charge in [-0.25, -0.2) is 0 Å². The van der Waals surface area contributed by atoms with Crippen LogP contribution in [-0.2, 0) is 4.79 Å². The maximum absolute atomic E-state index is 11.2. The molecule has 0 bridgehead atoms. The number of nitrogens with zero attached hydrogens (tertiary/aromatic N) is 1. The molecule has 6 heteroatoms. The van der Waals surface area contributed by atoms with Crippen LogP contribution in [0.2, 0.25) is 0 Å². The molecule has 0 aliphatic heterocycles. The molecule has 6 nitrogen and oxygen atoms in total. The van der Waals surface area contributed by atoms with E-state index in [1.54, 1.807) is 19.9 Å². The van der Waals surface area contributed by atoms with Gasteiger partial charge in [0.15, 0.2) is 6.61 Å². The van der Waals surface area contributed by atoms with Gasteiger partial charge >= 0.3 is 0 Å². The van der Waals surface area contributed by atoms with Gasteiger partial charge in [0.1, 0.15) is 5.76 Å². The lowest BCUT2D eigenvalue weighted by molar-refractivity contribution is -0.124. The molecule has 0 spiro atoms. The van der Waals surface area contributed by atoms with Gasteiger partial charge in [0.25, 0.3) is 11.8 Å². The maximum atomic E-state index is 11.2. The van der Waals surface area contributed by atoms with Crippen LogP contribution in [0.4, 0.5) is 0 Å². The van der Waals surface area contributed by atoms with Gasteiger partial charge in [-0.2, -0.15) is 0 Å². The SMILES string of the molecule is Cc1cc(OCC(=O)N[C@@H](C)CO)no1. The van der Waals surface area contributed by atoms with Crippen molar-refractivity contribution in [2.45, 2.75) is 19.9 Å². The predicted molar refractivity (Wildman–Crippen MR) is 51.4 cm³/mol. The summed E-state index contributed by atoms with van der Waals surface area (Å²) < 4.78 is 9.79. The minimum absolute atomic E-state index is 0.102. The van der Waals surface area contributed by atoms with Gasteiger partial charge in [0.2, 0.25) is 0 Å². The number of hydrogen-bond donors (Lipinski definition) is 2. The number of nitrogens with one attached hydrogen (secondary N) is 1. The van der Waals surface area contributed by atoms with Gasteiger partial charge in [-0.1, -0.05) is 0 Å². The molecule has 1 heterocycles. The lowest BCUT2D eigenvalue weighted by Gasteiger charge is -2.10. The molecular weight excluding hydrogens is 200 g/mol. The summed E-state index contributed by atoms with van der Waals surface area (Å²) in [6.45, 7) is 3.18. The van der Waals surface area contributed by atoms with Crippen molar-refractivity contribution < 1.29 is 19.2 Å². The van der Waals surface area contributed by atoms with E-state index in [1.165, 1.54) is 0 Å². The van der Waals surface area contributed by atoms with E-state index < -0.39 is 0 Å². The Hall–Kier alpha value is -1.56. The van der Waals surface area contributed by atoms with E-state index in [1.807, 2.05) is 0 Å². The summed E-state index contributed by atoms with van der Waals surface area (Å²) in [6.07, 6.45) is 0. The van der Waals surface area contributed by atoms with Crippen LogP contribution in [0.25, 0.3) is 0 Å². The second-order valence-electron chi connectivity index (χ2n) is 3.22. The fourth-order valence-corrected chi connectivity index (χ4v) is 0.913. The molecule has 1 amide bonds. The predicted octanol–water partition coefficient (Wildman–Crippen LogP) is -0.141. The zero-order valence-electron chi connectivity index (χ0n) is 8.69. The van der Waals surface area contributed by atoms with Crippen LogP contribution >= 0.6 is 0 Å². The molecule has 0 aliphatic rings. The van der Waals surface area contributed by atoms with E-state index in [0.29, 0.717) is 5.76 Å². The van der Waals surface area contributed by atoms with Gasteiger partial charge in [0.05, 0.1) is 6.61 Å². The quantitative estimate of drug-likeness (QED) is 0.712. The molecule has 2 N–H and O–H groups in total. The standard InChI is InChI=1S/C9H14N2O4/c1-6(4-12)10-8(13)5-14-9-3-7(2)15-11-9/h3,6,12H,4-5H2,1-2H3,(H,10,13)/t6-/m0/s1. The Balaban J connectivity index is 2.28. The Morgan fingerprint density at radius 3 is 3.07 bits per heavy atom. The summed E-state index contributed by atoms with van der Waals surface area (Å²) >= 11 is 0. The molecule has 0 saturated heterocycles. The van der Waals surface area contributed by atoms with E-state index in [-0.39, 0.29) is 31.0 Å². The normalized spacial score (nSPS) is 12.2. The average Bonchev–Trinajstić information content (AvgIpc) is 2.61. The van der Waals surface area contributed by atoms with Crippen molar-refractivity contribution in [2.75, 3.05) is 13.2 Å². The Kier molecular flexibility index (Phi) is 4.11. The van der Waals surface area contributed by atoms with Crippen LogP contribution < -0.4 is 10.1 Å². The largest absolute Gasteiger partial charge is 0.465 e. The number of aromatic nitrogens is 1. The molecule has 84 valence electrons. The van der Waals surface area contributed by atoms with E-state index in [9.17, 15) is 4.79 Å². The highest BCUT2D eigenvalue weighted by molar-refractivity contribution is 5.77. The molecule has 0 fully saturated rings. The van der Waals surface area contributed by atoms with Gasteiger partial charge in [0, 0.05) is 12.1 Å². The highest BCUT2D eigenvalue weighted by Crippen LogP contribution is 2.09. The molecule has 0 radical (unpaired) electrons. The van der Waals surface area contributed by atoms with Crippen LogP contribution in [0.3, 0.4) is 0 Å². The fourth-order valence-electron chi connectivity index (χ4n) is 0.913. The van der Waals surface area contributed by atoms with Crippen molar-refractivity contribution in [3.8, 4) is 5.88 Å². The Morgan fingerprint density at radius 2 is 2.53 bits per heavy atom. The van der Waals surface area contributed by atoms with Crippen LogP contribution in [0, 0.1) is 6.92 Å². The minimum Gasteiger partial charge on any atom is -0.465 e.